The highest BCUT2D eigenvalue weighted by atomic mass is 19.1. The van der Waals surface area contributed by atoms with Gasteiger partial charge in [0.2, 0.25) is 11.8 Å². The van der Waals surface area contributed by atoms with Crippen LogP contribution in [-0.4, -0.2) is 78.9 Å². The van der Waals surface area contributed by atoms with E-state index < -0.39 is 0 Å². The van der Waals surface area contributed by atoms with Crippen LogP contribution in [0.25, 0.3) is 0 Å². The Labute approximate surface area is 178 Å². The Hall–Kier alpha value is -1.99. The van der Waals surface area contributed by atoms with Gasteiger partial charge in [-0.2, -0.15) is 0 Å². The molecular formula is C23H33FN4O2. The van der Waals surface area contributed by atoms with Gasteiger partial charge in [0.05, 0.1) is 13.1 Å². The molecule has 1 saturated carbocycles. The lowest BCUT2D eigenvalue weighted by Gasteiger charge is -2.42. The van der Waals surface area contributed by atoms with Gasteiger partial charge in [0.25, 0.3) is 0 Å². The summed E-state index contributed by atoms with van der Waals surface area (Å²) in [4.78, 5) is 31.4. The Kier molecular flexibility index (Phi) is 7.00. The van der Waals surface area contributed by atoms with Crippen molar-refractivity contribution in [2.45, 2.75) is 32.1 Å². The molecule has 0 aromatic heterocycles. The molecule has 164 valence electrons. The second-order valence-corrected chi connectivity index (χ2v) is 9.04. The Morgan fingerprint density at radius 3 is 2.30 bits per heavy atom. The summed E-state index contributed by atoms with van der Waals surface area (Å²) in [5.74, 6) is 1.46. The molecule has 0 spiro atoms. The van der Waals surface area contributed by atoms with Crippen LogP contribution in [0.5, 0.6) is 0 Å². The van der Waals surface area contributed by atoms with Crippen LogP contribution in [0.15, 0.2) is 24.3 Å². The van der Waals surface area contributed by atoms with Crippen molar-refractivity contribution >= 4 is 17.5 Å². The maximum atomic E-state index is 13.0. The van der Waals surface area contributed by atoms with Crippen LogP contribution in [0, 0.1) is 17.7 Å². The molecule has 0 unspecified atom stereocenters. The van der Waals surface area contributed by atoms with E-state index >= 15 is 0 Å². The predicted molar refractivity (Wildman–Crippen MR) is 115 cm³/mol. The fourth-order valence-electron chi connectivity index (χ4n) is 5.20. The van der Waals surface area contributed by atoms with Gasteiger partial charge in [-0.25, -0.2) is 4.39 Å². The minimum Gasteiger partial charge on any atom is -0.339 e. The van der Waals surface area contributed by atoms with E-state index in [1.165, 1.54) is 44.2 Å². The minimum atomic E-state index is -0.322. The van der Waals surface area contributed by atoms with Crippen molar-refractivity contribution in [3.05, 3.63) is 30.1 Å². The lowest BCUT2D eigenvalue weighted by molar-refractivity contribution is -0.135. The average Bonchev–Trinajstić information content (AvgIpc) is 2.76. The number of carbonyl (C=O) groups excluding carboxylic acids is 2. The maximum Gasteiger partial charge on any atom is 0.238 e. The van der Waals surface area contributed by atoms with Gasteiger partial charge in [0.15, 0.2) is 0 Å². The molecule has 4 rings (SSSR count). The number of amides is 2. The Morgan fingerprint density at radius 1 is 0.867 bits per heavy atom. The van der Waals surface area contributed by atoms with Gasteiger partial charge in [-0.1, -0.05) is 19.3 Å². The first-order valence-electron chi connectivity index (χ1n) is 11.3. The number of likely N-dealkylation sites (tertiary alicyclic amines) is 1. The van der Waals surface area contributed by atoms with Crippen LogP contribution in [0.4, 0.5) is 10.1 Å². The van der Waals surface area contributed by atoms with Crippen LogP contribution in [-0.2, 0) is 9.59 Å². The average molecular weight is 417 g/mol. The standard InChI is InChI=1S/C23H33FN4O2/c24-20-5-7-21(8-6-20)25-22(29)16-26-11-13-28(14-12-26)23(30)17-27-10-9-18-3-1-2-4-19(18)15-27/h5-8,18-19H,1-4,9-17H2,(H,25,29)/t18-,19+/m0/s1. The van der Waals surface area contributed by atoms with Gasteiger partial charge in [-0.05, 0) is 55.5 Å². The predicted octanol–water partition coefficient (Wildman–Crippen LogP) is 2.42. The van der Waals surface area contributed by atoms with E-state index in [-0.39, 0.29) is 24.2 Å². The third-order valence-corrected chi connectivity index (χ3v) is 6.95. The molecule has 2 heterocycles. The lowest BCUT2D eigenvalue weighted by atomic mass is 9.75. The number of rotatable bonds is 5. The molecule has 3 aliphatic rings. The van der Waals surface area contributed by atoms with Crippen molar-refractivity contribution in [1.82, 2.24) is 14.7 Å². The summed E-state index contributed by atoms with van der Waals surface area (Å²) in [6, 6.07) is 5.77. The summed E-state index contributed by atoms with van der Waals surface area (Å²) < 4.78 is 13.0. The Morgan fingerprint density at radius 2 is 1.57 bits per heavy atom. The van der Waals surface area contributed by atoms with Crippen molar-refractivity contribution in [3.63, 3.8) is 0 Å². The molecule has 1 aromatic carbocycles. The van der Waals surface area contributed by atoms with E-state index in [0.717, 1.165) is 24.9 Å². The number of fused-ring (bicyclic) bond motifs is 1. The largest absolute Gasteiger partial charge is 0.339 e. The fraction of sp³-hybridized carbons (Fsp3) is 0.652. The number of anilines is 1. The van der Waals surface area contributed by atoms with Crippen molar-refractivity contribution in [1.29, 1.82) is 0 Å². The molecule has 3 fully saturated rings. The second kappa shape index (κ2) is 9.88. The van der Waals surface area contributed by atoms with Gasteiger partial charge in [-0.15, -0.1) is 0 Å². The topological polar surface area (TPSA) is 55.9 Å². The van der Waals surface area contributed by atoms with Crippen molar-refractivity contribution < 1.29 is 14.0 Å². The van der Waals surface area contributed by atoms with Gasteiger partial charge in [-0.3, -0.25) is 19.4 Å². The molecule has 0 radical (unpaired) electrons. The van der Waals surface area contributed by atoms with E-state index in [4.69, 9.17) is 0 Å². The van der Waals surface area contributed by atoms with E-state index in [9.17, 15) is 14.0 Å². The summed E-state index contributed by atoms with van der Waals surface area (Å²) in [5.41, 5.74) is 0.594. The molecule has 7 heteroatoms. The molecule has 6 nitrogen and oxygen atoms in total. The SMILES string of the molecule is O=C(CN1CCN(C(=O)CN2CC[C@@H]3CCCC[C@@H]3C2)CC1)Nc1ccc(F)cc1. The highest BCUT2D eigenvalue weighted by molar-refractivity contribution is 5.92. The van der Waals surface area contributed by atoms with E-state index in [0.29, 0.717) is 38.4 Å². The molecule has 2 atom stereocenters. The third kappa shape index (κ3) is 5.58. The van der Waals surface area contributed by atoms with Crippen LogP contribution in [0.3, 0.4) is 0 Å². The third-order valence-electron chi connectivity index (χ3n) is 6.95. The molecule has 1 N–H and O–H groups in total. The fourth-order valence-corrected chi connectivity index (χ4v) is 5.20. The molecule has 2 amide bonds. The highest BCUT2D eigenvalue weighted by Gasteiger charge is 2.32. The van der Waals surface area contributed by atoms with E-state index in [1.807, 2.05) is 4.90 Å². The van der Waals surface area contributed by atoms with Crippen LogP contribution in [0.2, 0.25) is 0 Å². The minimum absolute atomic E-state index is 0.114. The highest BCUT2D eigenvalue weighted by Crippen LogP contribution is 2.35. The Bertz CT molecular complexity index is 733. The van der Waals surface area contributed by atoms with Crippen molar-refractivity contribution in [3.8, 4) is 0 Å². The number of carbonyl (C=O) groups is 2. The summed E-state index contributed by atoms with van der Waals surface area (Å²) >= 11 is 0. The number of benzene rings is 1. The number of halogens is 1. The van der Waals surface area contributed by atoms with Gasteiger partial charge in [0, 0.05) is 38.4 Å². The van der Waals surface area contributed by atoms with Crippen LogP contribution >= 0.6 is 0 Å². The van der Waals surface area contributed by atoms with Gasteiger partial charge in [0.1, 0.15) is 5.82 Å². The first-order chi connectivity index (χ1) is 14.6. The quantitative estimate of drug-likeness (QED) is 0.801. The number of nitrogens with one attached hydrogen (secondary N) is 1. The lowest BCUT2D eigenvalue weighted by Crippen LogP contribution is -2.53. The Balaban J connectivity index is 1.17. The summed E-state index contributed by atoms with van der Waals surface area (Å²) in [7, 11) is 0. The first kappa shape index (κ1) is 21.2. The first-order valence-corrected chi connectivity index (χ1v) is 11.3. The summed E-state index contributed by atoms with van der Waals surface area (Å²) in [6.07, 6.45) is 6.68. The molecule has 30 heavy (non-hydrogen) atoms. The number of hydrogen-bond acceptors (Lipinski definition) is 4. The molecule has 0 bridgehead atoms. The monoisotopic (exact) mass is 416 g/mol. The van der Waals surface area contributed by atoms with Crippen molar-refractivity contribution in [2.24, 2.45) is 11.8 Å². The maximum absolute atomic E-state index is 13.0. The number of piperidine rings is 1. The molecule has 1 aliphatic carbocycles. The molecule has 1 aromatic rings. The molecule has 2 saturated heterocycles. The summed E-state index contributed by atoms with van der Waals surface area (Å²) in [6.45, 7) is 5.70. The zero-order chi connectivity index (χ0) is 20.9. The van der Waals surface area contributed by atoms with Crippen molar-refractivity contribution in [2.75, 3.05) is 57.7 Å². The summed E-state index contributed by atoms with van der Waals surface area (Å²) in [5, 5.41) is 2.79. The van der Waals surface area contributed by atoms with E-state index in [1.54, 1.807) is 12.1 Å². The van der Waals surface area contributed by atoms with Crippen LogP contribution in [0.1, 0.15) is 32.1 Å². The smallest absolute Gasteiger partial charge is 0.238 e. The normalized spacial score (nSPS) is 25.6. The second-order valence-electron chi connectivity index (χ2n) is 9.04. The molecule has 2 aliphatic heterocycles. The van der Waals surface area contributed by atoms with Crippen LogP contribution < -0.4 is 5.32 Å². The number of nitrogens with zero attached hydrogens (tertiary/aromatic N) is 3. The van der Waals surface area contributed by atoms with E-state index in [2.05, 4.69) is 15.1 Å². The molecular weight excluding hydrogens is 383 g/mol. The van der Waals surface area contributed by atoms with Gasteiger partial charge >= 0.3 is 0 Å². The zero-order valence-electron chi connectivity index (χ0n) is 17.7. The zero-order valence-corrected chi connectivity index (χ0v) is 17.7. The number of piperazine rings is 1. The van der Waals surface area contributed by atoms with Gasteiger partial charge < -0.3 is 10.2 Å². The number of hydrogen-bond donors (Lipinski definition) is 1.